The van der Waals surface area contributed by atoms with Crippen molar-refractivity contribution in [1.82, 2.24) is 0 Å². The van der Waals surface area contributed by atoms with Crippen LogP contribution in [-0.4, -0.2) is 30.9 Å². The quantitative estimate of drug-likeness (QED) is 0.100. The van der Waals surface area contributed by atoms with E-state index in [-0.39, 0.29) is 16.5 Å². The first-order valence-electron chi connectivity index (χ1n) is 15.4. The van der Waals surface area contributed by atoms with Crippen molar-refractivity contribution in [3.05, 3.63) is 103 Å². The molecule has 0 saturated carbocycles. The summed E-state index contributed by atoms with van der Waals surface area (Å²) in [5, 5.41) is 19.0. The zero-order valence-corrected chi connectivity index (χ0v) is 26.8. The van der Waals surface area contributed by atoms with E-state index < -0.39 is 11.7 Å². The average Bonchev–Trinajstić information content (AvgIpc) is 3.04. The number of ether oxygens (including phenoxy) is 3. The number of unbranched alkanes of at least 4 members (excludes halogenated alkanes) is 3. The molecule has 44 heavy (non-hydrogen) atoms. The van der Waals surface area contributed by atoms with Crippen LogP contribution in [0.15, 0.2) is 112 Å². The summed E-state index contributed by atoms with van der Waals surface area (Å²) >= 11 is 0. The Labute approximate surface area is 265 Å². The third-order valence-corrected chi connectivity index (χ3v) is 8.83. The summed E-state index contributed by atoms with van der Waals surface area (Å²) in [4.78, 5) is 14.0. The highest BCUT2D eigenvalue weighted by Crippen LogP contribution is 2.34. The Balaban J connectivity index is 0.000000448. The van der Waals surface area contributed by atoms with Gasteiger partial charge in [0.1, 0.15) is 17.2 Å². The molecule has 0 saturated heterocycles. The molecule has 0 fully saturated rings. The van der Waals surface area contributed by atoms with Crippen molar-refractivity contribution in [2.75, 3.05) is 19.8 Å². The molecule has 4 aromatic rings. The highest BCUT2D eigenvalue weighted by atomic mass is 32.2. The second-order valence-electron chi connectivity index (χ2n) is 10.1. The summed E-state index contributed by atoms with van der Waals surface area (Å²) in [5.41, 5.74) is -0.178. The van der Waals surface area contributed by atoms with Crippen LogP contribution in [0.4, 0.5) is 0 Å². The Hall–Kier alpha value is -4.10. The number of rotatable bonds is 16. The molecule has 0 aromatic heterocycles. The van der Waals surface area contributed by atoms with Gasteiger partial charge >= 0.3 is 5.97 Å². The molecule has 0 atom stereocenters. The molecule has 0 radical (unpaired) electrons. The minimum atomic E-state index is -1.18. The van der Waals surface area contributed by atoms with Crippen LogP contribution in [0.25, 0.3) is 0 Å². The molecular formula is C37H44O6S. The number of carbonyl (C=O) groups is 1. The molecule has 6 nitrogen and oxygen atoms in total. The van der Waals surface area contributed by atoms with Crippen molar-refractivity contribution in [2.24, 2.45) is 0 Å². The molecule has 0 bridgehead atoms. The van der Waals surface area contributed by atoms with Gasteiger partial charge in [0, 0.05) is 0 Å². The summed E-state index contributed by atoms with van der Waals surface area (Å²) in [6.07, 6.45) is 6.63. The zero-order valence-electron chi connectivity index (χ0n) is 26.0. The smallest absolute Gasteiger partial charge is 0.335 e. The summed E-state index contributed by atoms with van der Waals surface area (Å²) in [5.74, 6) is 1.17. The van der Waals surface area contributed by atoms with Crippen molar-refractivity contribution in [3.63, 3.8) is 0 Å². The summed E-state index contributed by atoms with van der Waals surface area (Å²) in [7, 11) is -0.228. The van der Waals surface area contributed by atoms with Gasteiger partial charge in [-0.2, -0.15) is 0 Å². The first-order valence-corrected chi connectivity index (χ1v) is 16.6. The van der Waals surface area contributed by atoms with Crippen LogP contribution < -0.4 is 19.3 Å². The average molecular weight is 617 g/mol. The molecule has 0 aliphatic rings. The molecule has 0 unspecified atom stereocenters. The lowest BCUT2D eigenvalue weighted by Gasteiger charge is -2.11. The van der Waals surface area contributed by atoms with E-state index in [1.54, 1.807) is 0 Å². The number of carboxylic acid groups (broad SMARTS) is 1. The topological polar surface area (TPSA) is 88.1 Å². The Morgan fingerprint density at radius 2 is 0.932 bits per heavy atom. The fourth-order valence-electron chi connectivity index (χ4n) is 4.07. The predicted molar refractivity (Wildman–Crippen MR) is 176 cm³/mol. The third-order valence-electron chi connectivity index (χ3n) is 6.60. The Bertz CT molecular complexity index is 1240. The minimum absolute atomic E-state index is 0.178. The number of carboxylic acids is 1. The fourth-order valence-corrected chi connectivity index (χ4v) is 6.11. The molecular weight excluding hydrogens is 572 g/mol. The molecule has 234 valence electrons. The Kier molecular flexibility index (Phi) is 15.0. The van der Waals surface area contributed by atoms with E-state index in [1.807, 2.05) is 0 Å². The van der Waals surface area contributed by atoms with Crippen molar-refractivity contribution in [3.8, 4) is 23.0 Å². The lowest BCUT2D eigenvalue weighted by molar-refractivity contribution is -0.268. The molecule has 0 aliphatic heterocycles. The third kappa shape index (κ3) is 11.2. The van der Waals surface area contributed by atoms with Crippen LogP contribution in [0.3, 0.4) is 0 Å². The van der Waals surface area contributed by atoms with E-state index in [0.717, 1.165) is 75.6 Å². The normalized spacial score (nSPS) is 10.5. The molecule has 4 rings (SSSR count). The van der Waals surface area contributed by atoms with Crippen LogP contribution in [0.1, 0.15) is 69.7 Å². The Morgan fingerprint density at radius 1 is 0.591 bits per heavy atom. The second kappa shape index (κ2) is 19.2. The number of hydrogen-bond acceptors (Lipinski definition) is 5. The molecule has 0 amide bonds. The maximum Gasteiger partial charge on any atom is 0.335 e. The number of aromatic carboxylic acids is 1. The van der Waals surface area contributed by atoms with E-state index in [4.69, 9.17) is 19.3 Å². The lowest BCUT2D eigenvalue weighted by Crippen LogP contribution is -2.06. The zero-order chi connectivity index (χ0) is 31.6. The monoisotopic (exact) mass is 616 g/mol. The van der Waals surface area contributed by atoms with E-state index in [1.165, 1.54) is 39.0 Å². The summed E-state index contributed by atoms with van der Waals surface area (Å²) < 4.78 is 17.7. The number of para-hydroxylation sites is 1. The van der Waals surface area contributed by atoms with Gasteiger partial charge in [0.05, 0.1) is 36.3 Å². The maximum atomic E-state index is 10.7. The van der Waals surface area contributed by atoms with Crippen LogP contribution >= 0.6 is 0 Å². The molecule has 7 heteroatoms. The van der Waals surface area contributed by atoms with Gasteiger partial charge in [-0.25, -0.2) is 4.79 Å². The van der Waals surface area contributed by atoms with Gasteiger partial charge in [-0.05, 0) is 98.1 Å². The standard InChI is InChI=1S/C30H39O3S.C7H6O3/c1-4-7-22-31-25-10-16-28(17-11-25)34(29-18-12-26(13-19-29)32-23-8-5-2)30-20-14-27(15-21-30)33-24-9-6-3;8-6-4-2-1-3-5(6)7(9)10/h10-21H,4-9,22-24H2,1-3H3;1-4,8H,(H,9,10)/q+1;/p-1. The van der Waals surface area contributed by atoms with Crippen molar-refractivity contribution < 1.29 is 29.2 Å². The van der Waals surface area contributed by atoms with Crippen molar-refractivity contribution in [2.45, 2.75) is 74.0 Å². The van der Waals surface area contributed by atoms with Gasteiger partial charge < -0.3 is 24.4 Å². The second-order valence-corrected chi connectivity index (χ2v) is 12.2. The molecule has 0 spiro atoms. The highest BCUT2D eigenvalue weighted by Gasteiger charge is 2.29. The maximum absolute atomic E-state index is 10.7. The van der Waals surface area contributed by atoms with Gasteiger partial charge in [0.2, 0.25) is 0 Å². The molecule has 0 aliphatic carbocycles. The Morgan fingerprint density at radius 3 is 1.20 bits per heavy atom. The number of benzene rings is 4. The van der Waals surface area contributed by atoms with Gasteiger partial charge in [0.25, 0.3) is 0 Å². The first kappa shape index (κ1) is 34.4. The van der Waals surface area contributed by atoms with Crippen LogP contribution in [0.2, 0.25) is 0 Å². The van der Waals surface area contributed by atoms with Crippen molar-refractivity contribution in [1.29, 1.82) is 0 Å². The van der Waals surface area contributed by atoms with E-state index in [2.05, 4.69) is 93.6 Å². The molecule has 4 aromatic carbocycles. The van der Waals surface area contributed by atoms with Crippen LogP contribution in [0.5, 0.6) is 23.0 Å². The van der Waals surface area contributed by atoms with Gasteiger partial charge in [0.15, 0.2) is 14.7 Å². The fraction of sp³-hybridized carbons (Fsp3) is 0.324. The van der Waals surface area contributed by atoms with Gasteiger partial charge in [-0.15, -0.1) is 0 Å². The summed E-state index contributed by atoms with van der Waals surface area (Å²) in [6, 6.07) is 31.3. The molecule has 1 N–H and O–H groups in total. The largest absolute Gasteiger partial charge is 0.872 e. The minimum Gasteiger partial charge on any atom is -0.872 e. The van der Waals surface area contributed by atoms with E-state index >= 15 is 0 Å². The van der Waals surface area contributed by atoms with E-state index in [9.17, 15) is 9.90 Å². The van der Waals surface area contributed by atoms with Crippen LogP contribution in [-0.2, 0) is 10.9 Å². The highest BCUT2D eigenvalue weighted by molar-refractivity contribution is 7.97. The van der Waals surface area contributed by atoms with Crippen molar-refractivity contribution >= 4 is 16.9 Å². The SMILES string of the molecule is CCCCOc1ccc([S+](c2ccc(OCCCC)cc2)c2ccc(OCCCC)cc2)cc1.O=C(O)c1ccccc1[O-]. The molecule has 0 heterocycles. The lowest BCUT2D eigenvalue weighted by atomic mass is 10.2. The van der Waals surface area contributed by atoms with E-state index in [0.29, 0.717) is 0 Å². The van der Waals surface area contributed by atoms with Gasteiger partial charge in [-0.3, -0.25) is 0 Å². The predicted octanol–water partition coefficient (Wildman–Crippen LogP) is 8.78. The van der Waals surface area contributed by atoms with Gasteiger partial charge in [-0.1, -0.05) is 64.0 Å². The number of hydrogen-bond donors (Lipinski definition) is 1. The van der Waals surface area contributed by atoms with Crippen LogP contribution in [0, 0.1) is 0 Å². The summed E-state index contributed by atoms with van der Waals surface area (Å²) in [6.45, 7) is 8.83. The first-order chi connectivity index (χ1) is 21.5.